The fourth-order valence-electron chi connectivity index (χ4n) is 4.93. The van der Waals surface area contributed by atoms with Gasteiger partial charge in [0.25, 0.3) is 5.91 Å². The largest absolute Gasteiger partial charge is 0.338 e. The van der Waals surface area contributed by atoms with Gasteiger partial charge in [0.1, 0.15) is 5.69 Å². The molecule has 3 aromatic rings. The van der Waals surface area contributed by atoms with Gasteiger partial charge in [-0.2, -0.15) is 0 Å². The maximum absolute atomic E-state index is 13.2. The zero-order valence-electron chi connectivity index (χ0n) is 17.3. The van der Waals surface area contributed by atoms with Gasteiger partial charge in [0.05, 0.1) is 10.2 Å². The molecule has 2 aliphatic heterocycles. The van der Waals surface area contributed by atoms with Crippen molar-refractivity contribution >= 4 is 33.4 Å². The van der Waals surface area contributed by atoms with E-state index in [0.717, 1.165) is 54.8 Å². The molecule has 6 heteroatoms. The summed E-state index contributed by atoms with van der Waals surface area (Å²) in [6.07, 6.45) is 2.44. The summed E-state index contributed by atoms with van der Waals surface area (Å²) in [6.45, 7) is 5.69. The lowest BCUT2D eigenvalue weighted by molar-refractivity contribution is -0.137. The van der Waals surface area contributed by atoms with Crippen molar-refractivity contribution in [2.24, 2.45) is 5.92 Å². The Balaban J connectivity index is 1.23. The van der Waals surface area contributed by atoms with Crippen molar-refractivity contribution in [3.63, 3.8) is 0 Å². The van der Waals surface area contributed by atoms with Crippen molar-refractivity contribution < 1.29 is 9.59 Å². The summed E-state index contributed by atoms with van der Waals surface area (Å²) in [4.78, 5) is 30.2. The van der Waals surface area contributed by atoms with Crippen molar-refractivity contribution in [2.45, 2.75) is 39.3 Å². The van der Waals surface area contributed by atoms with Crippen LogP contribution in [0.4, 0.5) is 0 Å². The maximum Gasteiger partial charge on any atom is 0.270 e. The monoisotopic (exact) mass is 421 g/mol. The lowest BCUT2D eigenvalue weighted by Crippen LogP contribution is -2.46. The quantitative estimate of drug-likeness (QED) is 0.637. The second-order valence-corrected chi connectivity index (χ2v) is 9.24. The standard InChI is InChI=1S/C24H27N3O2S/c1-2-27-20-10-14-30-22(20)15-21(27)24(29)25-11-8-18(9-12-25)23(28)26-13-7-17-5-3-4-6-19(17)16-26/h3-6,10,14-15,18H,2,7-9,11-13,16H2,1H3. The summed E-state index contributed by atoms with van der Waals surface area (Å²) in [7, 11) is 0. The Morgan fingerprint density at radius 1 is 1.03 bits per heavy atom. The lowest BCUT2D eigenvalue weighted by Gasteiger charge is -2.36. The van der Waals surface area contributed by atoms with E-state index in [0.29, 0.717) is 13.1 Å². The lowest BCUT2D eigenvalue weighted by atomic mass is 9.93. The topological polar surface area (TPSA) is 45.6 Å². The third-order valence-corrected chi connectivity index (χ3v) is 7.48. The summed E-state index contributed by atoms with van der Waals surface area (Å²) in [5.74, 6) is 0.382. The van der Waals surface area contributed by atoms with Crippen molar-refractivity contribution in [1.29, 1.82) is 0 Å². The molecule has 0 N–H and O–H groups in total. The van der Waals surface area contributed by atoms with E-state index >= 15 is 0 Å². The van der Waals surface area contributed by atoms with E-state index in [1.165, 1.54) is 11.1 Å². The number of benzene rings is 1. The Labute approximate surface area is 180 Å². The van der Waals surface area contributed by atoms with Crippen molar-refractivity contribution in [1.82, 2.24) is 14.4 Å². The molecule has 5 nitrogen and oxygen atoms in total. The molecule has 156 valence electrons. The number of thiophene rings is 1. The molecule has 0 spiro atoms. The highest BCUT2D eigenvalue weighted by Crippen LogP contribution is 2.28. The molecule has 0 aliphatic carbocycles. The van der Waals surface area contributed by atoms with Crippen LogP contribution >= 0.6 is 11.3 Å². The van der Waals surface area contributed by atoms with E-state index in [1.807, 2.05) is 21.9 Å². The second kappa shape index (κ2) is 7.91. The fourth-order valence-corrected chi connectivity index (χ4v) is 5.75. The predicted octanol–water partition coefficient (Wildman–Crippen LogP) is 4.16. The number of fused-ring (bicyclic) bond motifs is 2. The molecule has 5 rings (SSSR count). The maximum atomic E-state index is 13.2. The van der Waals surface area contributed by atoms with Crippen molar-refractivity contribution in [3.05, 3.63) is 58.6 Å². The Kier molecular flexibility index (Phi) is 5.11. The third-order valence-electron chi connectivity index (χ3n) is 6.63. The number of aryl methyl sites for hydroxylation is 1. The van der Waals surface area contributed by atoms with Gasteiger partial charge < -0.3 is 14.4 Å². The highest BCUT2D eigenvalue weighted by Gasteiger charge is 2.32. The van der Waals surface area contributed by atoms with Crippen LogP contribution in [0.2, 0.25) is 0 Å². The molecule has 4 heterocycles. The van der Waals surface area contributed by atoms with E-state index in [2.05, 4.69) is 41.1 Å². The molecular formula is C24H27N3O2S. The van der Waals surface area contributed by atoms with Gasteiger partial charge in [-0.25, -0.2) is 0 Å². The summed E-state index contributed by atoms with van der Waals surface area (Å²) in [5.41, 5.74) is 4.55. The first-order valence-electron chi connectivity index (χ1n) is 10.9. The number of aromatic nitrogens is 1. The van der Waals surface area contributed by atoms with Gasteiger partial charge in [-0.15, -0.1) is 11.3 Å². The van der Waals surface area contributed by atoms with Gasteiger partial charge >= 0.3 is 0 Å². The van der Waals surface area contributed by atoms with E-state index < -0.39 is 0 Å². The summed E-state index contributed by atoms with van der Waals surface area (Å²) in [6, 6.07) is 12.5. The first-order valence-corrected chi connectivity index (χ1v) is 11.7. The normalized spacial score (nSPS) is 17.4. The van der Waals surface area contributed by atoms with Crippen LogP contribution in [0.3, 0.4) is 0 Å². The highest BCUT2D eigenvalue weighted by atomic mass is 32.1. The first-order chi connectivity index (χ1) is 14.7. The van der Waals surface area contributed by atoms with Gasteiger partial charge in [-0.3, -0.25) is 9.59 Å². The molecular weight excluding hydrogens is 394 g/mol. The van der Waals surface area contributed by atoms with Crippen molar-refractivity contribution in [3.8, 4) is 0 Å². The van der Waals surface area contributed by atoms with Crippen LogP contribution in [0, 0.1) is 5.92 Å². The van der Waals surface area contributed by atoms with Crippen LogP contribution in [0.5, 0.6) is 0 Å². The molecule has 0 unspecified atom stereocenters. The van der Waals surface area contributed by atoms with Crippen LogP contribution in [0.1, 0.15) is 41.4 Å². The van der Waals surface area contributed by atoms with Gasteiger partial charge in [0.2, 0.25) is 5.91 Å². The SMILES string of the molecule is CCn1c(C(=O)N2CCC(C(=O)N3CCc4ccccc4C3)CC2)cc2sccc21. The zero-order valence-corrected chi connectivity index (χ0v) is 18.2. The smallest absolute Gasteiger partial charge is 0.270 e. The molecule has 2 amide bonds. The number of hydrogen-bond acceptors (Lipinski definition) is 3. The molecule has 1 aromatic carbocycles. The van der Waals surface area contributed by atoms with Gasteiger partial charge in [0.15, 0.2) is 0 Å². The Hall–Kier alpha value is -2.60. The molecule has 30 heavy (non-hydrogen) atoms. The van der Waals surface area contributed by atoms with Gasteiger partial charge in [-0.1, -0.05) is 24.3 Å². The first kappa shape index (κ1) is 19.4. The minimum absolute atomic E-state index is 0.0285. The number of rotatable bonds is 3. The van der Waals surface area contributed by atoms with E-state index in [4.69, 9.17) is 0 Å². The number of likely N-dealkylation sites (tertiary alicyclic amines) is 1. The number of amides is 2. The molecule has 1 saturated heterocycles. The molecule has 2 aliphatic rings. The average molecular weight is 422 g/mol. The minimum Gasteiger partial charge on any atom is -0.338 e. The summed E-state index contributed by atoms with van der Waals surface area (Å²) >= 11 is 1.68. The predicted molar refractivity (Wildman–Crippen MR) is 120 cm³/mol. The number of carbonyl (C=O) groups is 2. The number of piperidine rings is 1. The molecule has 0 atom stereocenters. The number of hydrogen-bond donors (Lipinski definition) is 0. The van der Waals surface area contributed by atoms with Crippen LogP contribution < -0.4 is 0 Å². The Bertz CT molecular complexity index is 1090. The zero-order chi connectivity index (χ0) is 20.7. The second-order valence-electron chi connectivity index (χ2n) is 8.29. The van der Waals surface area contributed by atoms with E-state index in [9.17, 15) is 9.59 Å². The van der Waals surface area contributed by atoms with Crippen LogP contribution in [0.15, 0.2) is 41.8 Å². The van der Waals surface area contributed by atoms with Crippen LogP contribution in [-0.2, 0) is 24.3 Å². The number of nitrogens with zero attached hydrogens (tertiary/aromatic N) is 3. The Morgan fingerprint density at radius 2 is 1.80 bits per heavy atom. The average Bonchev–Trinajstić information content (AvgIpc) is 3.39. The van der Waals surface area contributed by atoms with Crippen LogP contribution in [0.25, 0.3) is 10.2 Å². The van der Waals surface area contributed by atoms with Crippen LogP contribution in [-0.4, -0.2) is 45.8 Å². The van der Waals surface area contributed by atoms with Crippen molar-refractivity contribution in [2.75, 3.05) is 19.6 Å². The molecule has 0 radical (unpaired) electrons. The van der Waals surface area contributed by atoms with E-state index in [-0.39, 0.29) is 17.7 Å². The highest BCUT2D eigenvalue weighted by molar-refractivity contribution is 7.17. The Morgan fingerprint density at radius 3 is 2.57 bits per heavy atom. The van der Waals surface area contributed by atoms with Gasteiger partial charge in [0, 0.05) is 38.6 Å². The molecule has 2 aromatic heterocycles. The summed E-state index contributed by atoms with van der Waals surface area (Å²) in [5, 5.41) is 2.07. The molecule has 0 bridgehead atoms. The molecule has 1 fully saturated rings. The number of carbonyl (C=O) groups excluding carboxylic acids is 2. The summed E-state index contributed by atoms with van der Waals surface area (Å²) < 4.78 is 3.27. The third kappa shape index (κ3) is 3.33. The minimum atomic E-state index is 0.0285. The van der Waals surface area contributed by atoms with Gasteiger partial charge in [-0.05, 0) is 54.8 Å². The fraction of sp³-hybridized carbons (Fsp3) is 0.417. The van der Waals surface area contributed by atoms with E-state index in [1.54, 1.807) is 11.3 Å². The molecule has 0 saturated carbocycles.